The van der Waals surface area contributed by atoms with Crippen LogP contribution in [0.2, 0.25) is 0 Å². The number of carboxylic acid groups (broad SMARTS) is 1. The molecule has 0 aliphatic carbocycles. The van der Waals surface area contributed by atoms with E-state index in [0.717, 1.165) is 0 Å². The van der Waals surface area contributed by atoms with Gasteiger partial charge >= 0.3 is 5.97 Å². The molecule has 0 radical (unpaired) electrons. The van der Waals surface area contributed by atoms with Crippen LogP contribution >= 0.6 is 0 Å². The van der Waals surface area contributed by atoms with Crippen molar-refractivity contribution in [3.05, 3.63) is 0 Å². The van der Waals surface area contributed by atoms with Gasteiger partial charge in [-0.1, -0.05) is 13.8 Å². The Morgan fingerprint density at radius 2 is 1.92 bits per heavy atom. The molecule has 1 atom stereocenters. The first kappa shape index (κ1) is 14.4. The molecular weight excluding hydrogens is 172 g/mol. The third-order valence-corrected chi connectivity index (χ3v) is 1.33. The van der Waals surface area contributed by atoms with Gasteiger partial charge in [-0.05, 0) is 13.5 Å². The highest BCUT2D eigenvalue weighted by atomic mass is 16.4. The summed E-state index contributed by atoms with van der Waals surface area (Å²) in [5.74, 6) is -1.44. The Kier molecular flexibility index (Phi) is 9.98. The Hall–Kier alpha value is -1.10. The van der Waals surface area contributed by atoms with E-state index in [1.165, 1.54) is 7.05 Å². The van der Waals surface area contributed by atoms with E-state index >= 15 is 0 Å². The van der Waals surface area contributed by atoms with Crippen LogP contribution in [0.5, 0.6) is 0 Å². The summed E-state index contributed by atoms with van der Waals surface area (Å²) in [6, 6.07) is -0.678. The molecule has 0 heterocycles. The normalized spacial score (nSPS) is 11.0. The van der Waals surface area contributed by atoms with Crippen LogP contribution in [0.15, 0.2) is 0 Å². The van der Waals surface area contributed by atoms with Crippen LogP contribution < -0.4 is 11.1 Å². The van der Waals surface area contributed by atoms with Crippen molar-refractivity contribution in [2.75, 3.05) is 7.05 Å². The standard InChI is InChI=1S/C6H12N2O3.C2H6/c1-8-4(6(10)11)2-3-5(7)9;1-2/h4,8H,2-3H2,1H3,(H2,7,9)(H,10,11);1-2H3. The van der Waals surface area contributed by atoms with Gasteiger partial charge in [0.05, 0.1) is 0 Å². The summed E-state index contributed by atoms with van der Waals surface area (Å²) in [6.45, 7) is 4.00. The highest BCUT2D eigenvalue weighted by Gasteiger charge is 2.14. The van der Waals surface area contributed by atoms with Gasteiger partial charge in [0.1, 0.15) is 6.04 Å². The number of amides is 1. The fourth-order valence-corrected chi connectivity index (χ4v) is 0.678. The third kappa shape index (κ3) is 8.81. The summed E-state index contributed by atoms with van der Waals surface area (Å²) in [4.78, 5) is 20.6. The molecule has 1 unspecified atom stereocenters. The Balaban J connectivity index is 0. The fraction of sp³-hybridized carbons (Fsp3) is 0.750. The molecule has 4 N–H and O–H groups in total. The number of hydrogen-bond donors (Lipinski definition) is 3. The van der Waals surface area contributed by atoms with Crippen molar-refractivity contribution < 1.29 is 14.7 Å². The monoisotopic (exact) mass is 190 g/mol. The van der Waals surface area contributed by atoms with Crippen LogP contribution in [-0.2, 0) is 9.59 Å². The molecule has 0 saturated heterocycles. The lowest BCUT2D eigenvalue weighted by atomic mass is 10.1. The molecular formula is C8H18N2O3. The van der Waals surface area contributed by atoms with E-state index in [0.29, 0.717) is 0 Å². The molecule has 0 aromatic carbocycles. The summed E-state index contributed by atoms with van der Waals surface area (Å²) < 4.78 is 0. The van der Waals surface area contributed by atoms with Crippen molar-refractivity contribution in [2.45, 2.75) is 32.7 Å². The lowest BCUT2D eigenvalue weighted by Gasteiger charge is -2.08. The quantitative estimate of drug-likeness (QED) is 0.566. The molecule has 0 spiro atoms. The van der Waals surface area contributed by atoms with E-state index in [2.05, 4.69) is 5.32 Å². The minimum atomic E-state index is -0.964. The van der Waals surface area contributed by atoms with E-state index in [-0.39, 0.29) is 12.8 Å². The summed E-state index contributed by atoms with van der Waals surface area (Å²) in [5, 5.41) is 11.0. The van der Waals surface area contributed by atoms with Gasteiger partial charge in [-0.15, -0.1) is 0 Å². The van der Waals surface area contributed by atoms with Gasteiger partial charge in [-0.3, -0.25) is 9.59 Å². The number of likely N-dealkylation sites (N-methyl/N-ethyl adjacent to an activating group) is 1. The maximum atomic E-state index is 10.3. The molecule has 5 nitrogen and oxygen atoms in total. The fourth-order valence-electron chi connectivity index (χ4n) is 0.678. The van der Waals surface area contributed by atoms with Crippen molar-refractivity contribution in [1.82, 2.24) is 5.32 Å². The van der Waals surface area contributed by atoms with Crippen molar-refractivity contribution >= 4 is 11.9 Å². The predicted octanol–water partition coefficient (Wildman–Crippen LogP) is -0.0493. The second-order valence-corrected chi connectivity index (χ2v) is 2.18. The predicted molar refractivity (Wildman–Crippen MR) is 50.3 cm³/mol. The minimum Gasteiger partial charge on any atom is -0.480 e. The number of carbonyl (C=O) groups is 2. The van der Waals surface area contributed by atoms with Gasteiger partial charge in [0, 0.05) is 6.42 Å². The summed E-state index contributed by atoms with van der Waals surface area (Å²) in [7, 11) is 1.53. The van der Waals surface area contributed by atoms with Crippen LogP contribution in [0.25, 0.3) is 0 Å². The second kappa shape index (κ2) is 8.99. The third-order valence-electron chi connectivity index (χ3n) is 1.33. The van der Waals surface area contributed by atoms with Gasteiger partial charge in [-0.2, -0.15) is 0 Å². The number of nitrogens with two attached hydrogens (primary N) is 1. The number of hydrogen-bond acceptors (Lipinski definition) is 3. The summed E-state index contributed by atoms with van der Waals surface area (Å²) in [6.07, 6.45) is 0.332. The van der Waals surface area contributed by atoms with E-state index in [4.69, 9.17) is 10.8 Å². The first-order chi connectivity index (χ1) is 6.07. The number of aliphatic carboxylic acids is 1. The van der Waals surface area contributed by atoms with Gasteiger partial charge in [-0.25, -0.2) is 0 Å². The van der Waals surface area contributed by atoms with Gasteiger partial charge in [0.15, 0.2) is 0 Å². The van der Waals surface area contributed by atoms with E-state index in [9.17, 15) is 9.59 Å². The van der Waals surface area contributed by atoms with Gasteiger partial charge in [0.2, 0.25) is 5.91 Å². The van der Waals surface area contributed by atoms with Gasteiger partial charge < -0.3 is 16.2 Å². The van der Waals surface area contributed by atoms with E-state index < -0.39 is 17.9 Å². The van der Waals surface area contributed by atoms with Crippen LogP contribution in [0.1, 0.15) is 26.7 Å². The molecule has 0 fully saturated rings. The maximum Gasteiger partial charge on any atom is 0.320 e. The Labute approximate surface area is 78.3 Å². The van der Waals surface area contributed by atoms with Crippen LogP contribution in [-0.4, -0.2) is 30.1 Å². The highest BCUT2D eigenvalue weighted by molar-refractivity contribution is 5.77. The minimum absolute atomic E-state index is 0.0950. The van der Waals surface area contributed by atoms with Crippen LogP contribution in [0.4, 0.5) is 0 Å². The van der Waals surface area contributed by atoms with E-state index in [1.807, 2.05) is 13.8 Å². The topological polar surface area (TPSA) is 92.4 Å². The highest BCUT2D eigenvalue weighted by Crippen LogP contribution is 1.95. The zero-order chi connectivity index (χ0) is 10.9. The lowest BCUT2D eigenvalue weighted by molar-refractivity contribution is -0.139. The Morgan fingerprint density at radius 3 is 2.15 bits per heavy atom. The Bertz CT molecular complexity index is 159. The van der Waals surface area contributed by atoms with E-state index in [1.54, 1.807) is 0 Å². The van der Waals surface area contributed by atoms with Crippen molar-refractivity contribution in [1.29, 1.82) is 0 Å². The summed E-state index contributed by atoms with van der Waals surface area (Å²) in [5.41, 5.74) is 4.84. The molecule has 0 aliphatic heterocycles. The van der Waals surface area contributed by atoms with Crippen molar-refractivity contribution in [2.24, 2.45) is 5.73 Å². The average Bonchev–Trinajstić information content (AvgIpc) is 2.08. The molecule has 78 valence electrons. The molecule has 5 heteroatoms. The zero-order valence-corrected chi connectivity index (χ0v) is 8.33. The second-order valence-electron chi connectivity index (χ2n) is 2.18. The molecule has 1 amide bonds. The van der Waals surface area contributed by atoms with Crippen LogP contribution in [0.3, 0.4) is 0 Å². The number of carbonyl (C=O) groups excluding carboxylic acids is 1. The average molecular weight is 190 g/mol. The first-order valence-electron chi connectivity index (χ1n) is 4.26. The number of primary amides is 1. The number of rotatable bonds is 5. The number of carboxylic acids is 1. The molecule has 0 saturated carbocycles. The van der Waals surface area contributed by atoms with Gasteiger partial charge in [0.25, 0.3) is 0 Å². The molecule has 0 bridgehead atoms. The molecule has 0 aromatic rings. The molecule has 0 rings (SSSR count). The zero-order valence-electron chi connectivity index (χ0n) is 8.33. The van der Waals surface area contributed by atoms with Crippen molar-refractivity contribution in [3.63, 3.8) is 0 Å². The number of nitrogens with one attached hydrogen (secondary N) is 1. The van der Waals surface area contributed by atoms with Crippen LogP contribution in [0, 0.1) is 0 Å². The largest absolute Gasteiger partial charge is 0.480 e. The first-order valence-corrected chi connectivity index (χ1v) is 4.26. The maximum absolute atomic E-state index is 10.3. The Morgan fingerprint density at radius 1 is 1.46 bits per heavy atom. The smallest absolute Gasteiger partial charge is 0.320 e. The summed E-state index contributed by atoms with van der Waals surface area (Å²) >= 11 is 0. The molecule has 0 aromatic heterocycles. The van der Waals surface area contributed by atoms with Crippen molar-refractivity contribution in [3.8, 4) is 0 Å². The molecule has 13 heavy (non-hydrogen) atoms. The lowest BCUT2D eigenvalue weighted by Crippen LogP contribution is -2.34. The SMILES string of the molecule is CC.CNC(CCC(N)=O)C(=O)O. The molecule has 0 aliphatic rings.